The van der Waals surface area contributed by atoms with Crippen LogP contribution in [-0.4, -0.2) is 148 Å². The molecule has 2 aliphatic rings. The summed E-state index contributed by atoms with van der Waals surface area (Å²) in [5.41, 5.74) is 1.72. The number of carbonyl (C=O) groups is 5. The molecule has 1 saturated carbocycles. The highest BCUT2D eigenvalue weighted by Gasteiger charge is 2.29. The molecule has 13 nitrogen and oxygen atoms in total. The maximum Gasteiger partial charge on any atom is 0.320 e. The van der Waals surface area contributed by atoms with Crippen molar-refractivity contribution in [3.05, 3.63) is 35.4 Å². The minimum Gasteiger partial charge on any atom is -0.480 e. The van der Waals surface area contributed by atoms with E-state index in [9.17, 15) is 44.4 Å². The number of carboxylic acids is 4. The SMILES string of the molecule is O=C(O)CN1CCN(CC(=O)O)CCN(C(CCC(=O)c2ccc(CC3CCC3)cc2)C(=O)O)CCN(CC(=O)O)CC1. The fourth-order valence-electron chi connectivity index (χ4n) is 5.64. The van der Waals surface area contributed by atoms with Crippen LogP contribution in [0.25, 0.3) is 0 Å². The number of benzene rings is 1. The molecule has 1 aliphatic carbocycles. The van der Waals surface area contributed by atoms with Crippen LogP contribution in [0.3, 0.4) is 0 Å². The van der Waals surface area contributed by atoms with E-state index in [2.05, 4.69) is 0 Å². The van der Waals surface area contributed by atoms with Crippen LogP contribution in [0.15, 0.2) is 24.3 Å². The smallest absolute Gasteiger partial charge is 0.320 e. The Morgan fingerprint density at radius 2 is 1.12 bits per heavy atom. The van der Waals surface area contributed by atoms with Crippen LogP contribution in [0.2, 0.25) is 0 Å². The Morgan fingerprint density at radius 1 is 0.674 bits per heavy atom. The van der Waals surface area contributed by atoms with Crippen LogP contribution < -0.4 is 0 Å². The van der Waals surface area contributed by atoms with Gasteiger partial charge in [0.15, 0.2) is 5.78 Å². The highest BCUT2D eigenvalue weighted by atomic mass is 16.4. The predicted octanol–water partition coefficient (Wildman–Crippen LogP) is 0.921. The molecule has 0 radical (unpaired) electrons. The molecule has 1 saturated heterocycles. The number of hydrogen-bond donors (Lipinski definition) is 4. The minimum atomic E-state index is -1.11. The highest BCUT2D eigenvalue weighted by molar-refractivity contribution is 5.96. The number of aliphatic carboxylic acids is 4. The summed E-state index contributed by atoms with van der Waals surface area (Å²) < 4.78 is 0. The number of nitrogens with zero attached hydrogens (tertiary/aromatic N) is 4. The summed E-state index contributed by atoms with van der Waals surface area (Å²) in [5, 5.41) is 38.3. The van der Waals surface area contributed by atoms with Gasteiger partial charge in [-0.1, -0.05) is 43.5 Å². The molecule has 1 aliphatic heterocycles. The lowest BCUT2D eigenvalue weighted by Gasteiger charge is -2.35. The van der Waals surface area contributed by atoms with Gasteiger partial charge in [-0.05, 0) is 24.3 Å². The Morgan fingerprint density at radius 3 is 1.49 bits per heavy atom. The van der Waals surface area contributed by atoms with Crippen molar-refractivity contribution < 1.29 is 44.4 Å². The second-order valence-corrected chi connectivity index (χ2v) is 11.6. The zero-order chi connectivity index (χ0) is 31.4. The fraction of sp³-hybridized carbons (Fsp3) is 0.633. The molecular formula is C30H44N4O9. The molecule has 43 heavy (non-hydrogen) atoms. The van der Waals surface area contributed by atoms with E-state index < -0.39 is 29.9 Å². The first kappa shape index (κ1) is 34.1. The highest BCUT2D eigenvalue weighted by Crippen LogP contribution is 2.29. The van der Waals surface area contributed by atoms with Gasteiger partial charge in [0, 0.05) is 64.3 Å². The Labute approximate surface area is 251 Å². The van der Waals surface area contributed by atoms with Crippen molar-refractivity contribution in [2.24, 2.45) is 5.92 Å². The molecule has 4 N–H and O–H groups in total. The van der Waals surface area contributed by atoms with Crippen LogP contribution in [0, 0.1) is 5.92 Å². The molecule has 0 spiro atoms. The molecule has 1 aromatic carbocycles. The largest absolute Gasteiger partial charge is 0.480 e. The van der Waals surface area contributed by atoms with Crippen molar-refractivity contribution in [2.45, 2.75) is 44.6 Å². The summed E-state index contributed by atoms with van der Waals surface area (Å²) in [6.07, 6.45) is 4.79. The first-order chi connectivity index (χ1) is 20.5. The lowest BCUT2D eigenvalue weighted by atomic mass is 9.81. The van der Waals surface area contributed by atoms with Gasteiger partial charge in [-0.2, -0.15) is 0 Å². The Balaban J connectivity index is 1.71. The molecule has 0 bridgehead atoms. The summed E-state index contributed by atoms with van der Waals surface area (Å²) in [6, 6.07) is 6.48. The summed E-state index contributed by atoms with van der Waals surface area (Å²) in [7, 11) is 0. The van der Waals surface area contributed by atoms with Crippen molar-refractivity contribution in [3.63, 3.8) is 0 Å². The fourth-order valence-corrected chi connectivity index (χ4v) is 5.64. The third-order valence-corrected chi connectivity index (χ3v) is 8.34. The molecule has 3 rings (SSSR count). The second kappa shape index (κ2) is 17.0. The van der Waals surface area contributed by atoms with E-state index >= 15 is 0 Å². The maximum atomic E-state index is 13.0. The molecule has 1 heterocycles. The average Bonchev–Trinajstić information content (AvgIpc) is 2.91. The van der Waals surface area contributed by atoms with E-state index in [0.717, 1.165) is 6.42 Å². The van der Waals surface area contributed by atoms with Crippen LogP contribution in [0.5, 0.6) is 0 Å². The summed E-state index contributed by atoms with van der Waals surface area (Å²) in [5.74, 6) is -3.73. The van der Waals surface area contributed by atoms with Gasteiger partial charge in [-0.3, -0.25) is 43.6 Å². The first-order valence-corrected chi connectivity index (χ1v) is 14.9. The summed E-state index contributed by atoms with van der Waals surface area (Å²) in [4.78, 5) is 66.4. The summed E-state index contributed by atoms with van der Waals surface area (Å²) >= 11 is 0. The van der Waals surface area contributed by atoms with Crippen molar-refractivity contribution >= 4 is 29.7 Å². The lowest BCUT2D eigenvalue weighted by Crippen LogP contribution is -2.51. The van der Waals surface area contributed by atoms with Crippen LogP contribution in [0.1, 0.15) is 48.0 Å². The van der Waals surface area contributed by atoms with Crippen molar-refractivity contribution in [1.29, 1.82) is 0 Å². The molecule has 1 aromatic rings. The molecule has 0 amide bonds. The molecule has 2 fully saturated rings. The normalized spacial score (nSPS) is 19.4. The van der Waals surface area contributed by atoms with E-state index in [1.54, 1.807) is 31.7 Å². The number of rotatable bonds is 14. The minimum absolute atomic E-state index is 0.0112. The predicted molar refractivity (Wildman–Crippen MR) is 156 cm³/mol. The van der Waals surface area contributed by atoms with Crippen LogP contribution in [-0.2, 0) is 25.6 Å². The second-order valence-electron chi connectivity index (χ2n) is 11.6. The third kappa shape index (κ3) is 12.0. The molecule has 238 valence electrons. The van der Waals surface area contributed by atoms with Gasteiger partial charge in [0.05, 0.1) is 19.6 Å². The van der Waals surface area contributed by atoms with Crippen LogP contribution in [0.4, 0.5) is 0 Å². The van der Waals surface area contributed by atoms with Gasteiger partial charge in [0.2, 0.25) is 0 Å². The van der Waals surface area contributed by atoms with Crippen molar-refractivity contribution in [3.8, 4) is 0 Å². The Bertz CT molecular complexity index is 1080. The summed E-state index contributed by atoms with van der Waals surface area (Å²) in [6.45, 7) is 0.846. The van der Waals surface area contributed by atoms with Gasteiger partial charge in [0.25, 0.3) is 0 Å². The van der Waals surface area contributed by atoms with Crippen LogP contribution >= 0.6 is 0 Å². The van der Waals surface area contributed by atoms with Crippen molar-refractivity contribution in [2.75, 3.05) is 72.0 Å². The van der Waals surface area contributed by atoms with E-state index in [1.165, 1.54) is 24.8 Å². The number of ketones is 1. The van der Waals surface area contributed by atoms with E-state index in [0.29, 0.717) is 11.5 Å². The first-order valence-electron chi connectivity index (χ1n) is 14.9. The van der Waals surface area contributed by atoms with E-state index in [4.69, 9.17) is 0 Å². The molecule has 0 aromatic heterocycles. The number of carbonyl (C=O) groups excluding carboxylic acids is 1. The molecule has 13 heteroatoms. The van der Waals surface area contributed by atoms with Gasteiger partial charge in [-0.25, -0.2) is 0 Å². The zero-order valence-electron chi connectivity index (χ0n) is 24.6. The quantitative estimate of drug-likeness (QED) is 0.221. The van der Waals surface area contributed by atoms with Gasteiger partial charge in [-0.15, -0.1) is 0 Å². The van der Waals surface area contributed by atoms with Gasteiger partial charge < -0.3 is 20.4 Å². The van der Waals surface area contributed by atoms with Gasteiger partial charge >= 0.3 is 23.9 Å². The number of carboxylic acid groups (broad SMARTS) is 4. The van der Waals surface area contributed by atoms with E-state index in [-0.39, 0.29) is 90.6 Å². The lowest BCUT2D eigenvalue weighted by molar-refractivity contribution is -0.145. The molecule has 1 unspecified atom stereocenters. The standard InChI is InChI=1S/C30H44N4O9/c35-26(24-6-4-23(5-7-24)18-22-2-1-3-22)9-8-25(30(42)43)34-16-14-32(20-28(38)39)12-10-31(19-27(36)37)11-13-33(15-17-34)21-29(40)41/h4-7,22,25H,1-3,8-21H2,(H,36,37)(H,38,39)(H,40,41)(H,42,43). The van der Waals surface area contributed by atoms with Gasteiger partial charge in [0.1, 0.15) is 6.04 Å². The maximum absolute atomic E-state index is 13.0. The third-order valence-electron chi connectivity index (χ3n) is 8.34. The number of hydrogen-bond acceptors (Lipinski definition) is 9. The van der Waals surface area contributed by atoms with E-state index in [1.807, 2.05) is 12.1 Å². The zero-order valence-corrected chi connectivity index (χ0v) is 24.6. The number of Topliss-reactive ketones (excluding diaryl/α,β-unsaturated/α-hetero) is 1. The molecule has 1 atom stereocenters. The Hall–Kier alpha value is -3.39. The van der Waals surface area contributed by atoms with Crippen molar-refractivity contribution in [1.82, 2.24) is 19.6 Å². The monoisotopic (exact) mass is 604 g/mol. The average molecular weight is 605 g/mol. The topological polar surface area (TPSA) is 179 Å². The Kier molecular flexibility index (Phi) is 13.5. The molecular weight excluding hydrogens is 560 g/mol.